The predicted molar refractivity (Wildman–Crippen MR) is 101 cm³/mol. The van der Waals surface area contributed by atoms with Gasteiger partial charge >= 0.3 is 0 Å². The highest BCUT2D eigenvalue weighted by molar-refractivity contribution is 5.79. The highest BCUT2D eigenvalue weighted by Crippen LogP contribution is 2.31. The lowest BCUT2D eigenvalue weighted by atomic mass is 9.98. The Morgan fingerprint density at radius 3 is 2.82 bits per heavy atom. The smallest absolute Gasteiger partial charge is 0.276 e. The first-order valence-electron chi connectivity index (χ1n) is 9.68. The van der Waals surface area contributed by atoms with E-state index in [1.807, 2.05) is 24.8 Å². The number of aromatic amines is 1. The van der Waals surface area contributed by atoms with Crippen molar-refractivity contribution < 1.29 is 9.42 Å². The Morgan fingerprint density at radius 1 is 1.29 bits per heavy atom. The lowest BCUT2D eigenvalue weighted by molar-refractivity contribution is -0.134. The molecule has 4 rings (SSSR count). The van der Waals surface area contributed by atoms with Gasteiger partial charge < -0.3 is 4.90 Å². The predicted octanol–water partition coefficient (Wildman–Crippen LogP) is 1.88. The van der Waals surface area contributed by atoms with Crippen molar-refractivity contribution in [3.05, 3.63) is 44.8 Å². The van der Waals surface area contributed by atoms with Gasteiger partial charge in [0.1, 0.15) is 11.4 Å². The maximum atomic E-state index is 13.0. The third kappa shape index (κ3) is 3.10. The monoisotopic (exact) mass is 384 g/mol. The molecule has 4 heterocycles. The van der Waals surface area contributed by atoms with Gasteiger partial charge in [0.15, 0.2) is 5.65 Å². The molecule has 28 heavy (non-hydrogen) atoms. The summed E-state index contributed by atoms with van der Waals surface area (Å²) in [6.45, 7) is 6.25. The van der Waals surface area contributed by atoms with E-state index in [9.17, 15) is 9.59 Å². The maximum Gasteiger partial charge on any atom is 0.276 e. The molecule has 9 heteroatoms. The Balaban J connectivity index is 1.68. The van der Waals surface area contributed by atoms with Crippen LogP contribution in [-0.2, 0) is 17.6 Å². The number of amides is 1. The number of carbonyl (C=O) groups is 1. The van der Waals surface area contributed by atoms with Gasteiger partial charge in [-0.05, 0) is 39.5 Å². The molecule has 0 spiro atoms. The Morgan fingerprint density at radius 2 is 2.11 bits per heavy atom. The molecule has 0 aliphatic carbocycles. The minimum absolute atomic E-state index is 0.0205. The van der Waals surface area contributed by atoms with Crippen LogP contribution in [0.3, 0.4) is 0 Å². The Kier molecular flexibility index (Phi) is 4.74. The molecule has 0 aromatic carbocycles. The number of nitrogens with zero attached hydrogens (tertiary/aromatic N) is 5. The van der Waals surface area contributed by atoms with Gasteiger partial charge in [0, 0.05) is 23.9 Å². The fraction of sp³-hybridized carbons (Fsp3) is 0.526. The largest absolute Gasteiger partial charge is 0.334 e. The zero-order valence-electron chi connectivity index (χ0n) is 16.4. The van der Waals surface area contributed by atoms with E-state index in [-0.39, 0.29) is 23.9 Å². The van der Waals surface area contributed by atoms with Crippen LogP contribution in [0.4, 0.5) is 0 Å². The van der Waals surface area contributed by atoms with Crippen molar-refractivity contribution in [1.29, 1.82) is 0 Å². The van der Waals surface area contributed by atoms with Gasteiger partial charge in [0.25, 0.3) is 5.56 Å². The van der Waals surface area contributed by atoms with Gasteiger partial charge in [-0.15, -0.1) is 0 Å². The number of rotatable bonds is 4. The summed E-state index contributed by atoms with van der Waals surface area (Å²) in [6.07, 6.45) is 3.60. The quantitative estimate of drug-likeness (QED) is 0.735. The number of carbonyl (C=O) groups excluding carboxylic acids is 1. The fourth-order valence-corrected chi connectivity index (χ4v) is 3.97. The van der Waals surface area contributed by atoms with E-state index in [2.05, 4.69) is 20.4 Å². The van der Waals surface area contributed by atoms with Crippen LogP contribution in [0.25, 0.3) is 5.65 Å². The molecule has 1 aliphatic rings. The molecular formula is C19H24N6O3. The van der Waals surface area contributed by atoms with Gasteiger partial charge in [-0.3, -0.25) is 14.7 Å². The van der Waals surface area contributed by atoms with Crippen molar-refractivity contribution in [2.75, 3.05) is 6.54 Å². The van der Waals surface area contributed by atoms with Crippen LogP contribution >= 0.6 is 0 Å². The molecule has 1 atom stereocenters. The van der Waals surface area contributed by atoms with Crippen molar-refractivity contribution in [3.8, 4) is 0 Å². The normalized spacial score (nSPS) is 17.4. The third-order valence-corrected chi connectivity index (χ3v) is 5.54. The first-order chi connectivity index (χ1) is 13.5. The van der Waals surface area contributed by atoms with Crippen LogP contribution < -0.4 is 5.56 Å². The van der Waals surface area contributed by atoms with Crippen molar-refractivity contribution in [2.45, 2.75) is 58.9 Å². The molecule has 0 radical (unpaired) electrons. The number of aryl methyl sites for hydroxylation is 2. The summed E-state index contributed by atoms with van der Waals surface area (Å²) < 4.78 is 6.20. The second-order valence-electron chi connectivity index (χ2n) is 7.31. The number of H-pyrrole nitrogens is 1. The van der Waals surface area contributed by atoms with Crippen LogP contribution in [0.5, 0.6) is 0 Å². The molecule has 1 amide bonds. The number of nitrogens with one attached hydrogen (secondary N) is 1. The summed E-state index contributed by atoms with van der Waals surface area (Å²) >= 11 is 0. The van der Waals surface area contributed by atoms with E-state index in [1.54, 1.807) is 6.92 Å². The number of hydrogen-bond donors (Lipinski definition) is 1. The Bertz CT molecular complexity index is 1080. The highest BCUT2D eigenvalue weighted by atomic mass is 16.6. The van der Waals surface area contributed by atoms with Gasteiger partial charge in [0.05, 0.1) is 18.2 Å². The molecule has 0 bridgehead atoms. The summed E-state index contributed by atoms with van der Waals surface area (Å²) in [5.41, 5.74) is 4.00. The molecule has 1 saturated heterocycles. The lowest BCUT2D eigenvalue weighted by Crippen LogP contribution is -2.39. The van der Waals surface area contributed by atoms with Gasteiger partial charge in [0.2, 0.25) is 5.91 Å². The van der Waals surface area contributed by atoms with E-state index < -0.39 is 0 Å². The molecule has 3 aromatic heterocycles. The van der Waals surface area contributed by atoms with E-state index in [0.717, 1.165) is 30.7 Å². The average Bonchev–Trinajstić information content (AvgIpc) is 3.28. The number of fused-ring (bicyclic) bond motifs is 1. The summed E-state index contributed by atoms with van der Waals surface area (Å²) in [6, 6.07) is 1.76. The third-order valence-electron chi connectivity index (χ3n) is 5.54. The summed E-state index contributed by atoms with van der Waals surface area (Å²) in [7, 11) is 0. The van der Waals surface area contributed by atoms with Crippen molar-refractivity contribution in [1.82, 2.24) is 29.8 Å². The average molecular weight is 384 g/mol. The zero-order valence-corrected chi connectivity index (χ0v) is 16.4. The van der Waals surface area contributed by atoms with Gasteiger partial charge in [-0.25, -0.2) is 14.1 Å². The van der Waals surface area contributed by atoms with Crippen LogP contribution in [0.1, 0.15) is 60.6 Å². The Labute approximate surface area is 161 Å². The number of aromatic nitrogens is 5. The first-order valence-corrected chi connectivity index (χ1v) is 9.68. The van der Waals surface area contributed by atoms with E-state index >= 15 is 0 Å². The minimum Gasteiger partial charge on any atom is -0.334 e. The SMILES string of the molecule is CCc1c(C)nc2cc([C@H]3CCCCN3C(=O)Cc3nonc3C)[nH]n2c1=O. The summed E-state index contributed by atoms with van der Waals surface area (Å²) in [5, 5.41) is 10.8. The molecule has 9 nitrogen and oxygen atoms in total. The molecule has 3 aromatic rings. The van der Waals surface area contributed by atoms with Gasteiger partial charge in [-0.2, -0.15) is 0 Å². The molecule has 1 aliphatic heterocycles. The Hall–Kier alpha value is -2.97. The molecule has 1 fully saturated rings. The standard InChI is InChI=1S/C19H24N6O3/c1-4-13-11(2)20-17-9-15(21-25(17)19(13)27)16-7-5-6-8-24(16)18(26)10-14-12(3)22-28-23-14/h9,16,21H,4-8,10H2,1-3H3/t16-/m1/s1. The summed E-state index contributed by atoms with van der Waals surface area (Å²) in [5.74, 6) is -0.0205. The van der Waals surface area contributed by atoms with Crippen LogP contribution in [0.15, 0.2) is 15.5 Å². The molecule has 0 unspecified atom stereocenters. The van der Waals surface area contributed by atoms with Crippen molar-refractivity contribution in [3.63, 3.8) is 0 Å². The first kappa shape index (κ1) is 18.4. The molecule has 1 N–H and O–H groups in total. The topological polar surface area (TPSA) is 109 Å². The van der Waals surface area contributed by atoms with Crippen LogP contribution in [0, 0.1) is 13.8 Å². The highest BCUT2D eigenvalue weighted by Gasteiger charge is 2.30. The number of hydrogen-bond acceptors (Lipinski definition) is 6. The zero-order chi connectivity index (χ0) is 19.8. The van der Waals surface area contributed by atoms with Crippen LogP contribution in [-0.4, -0.2) is 42.3 Å². The molecule has 0 saturated carbocycles. The summed E-state index contributed by atoms with van der Waals surface area (Å²) in [4.78, 5) is 32.1. The van der Waals surface area contributed by atoms with Crippen molar-refractivity contribution in [2.24, 2.45) is 0 Å². The fourth-order valence-electron chi connectivity index (χ4n) is 3.97. The lowest BCUT2D eigenvalue weighted by Gasteiger charge is -2.35. The van der Waals surface area contributed by atoms with E-state index in [1.165, 1.54) is 4.52 Å². The molecular weight excluding hydrogens is 360 g/mol. The maximum absolute atomic E-state index is 13.0. The molecule has 148 valence electrons. The van der Waals surface area contributed by atoms with E-state index in [0.29, 0.717) is 35.6 Å². The van der Waals surface area contributed by atoms with E-state index in [4.69, 9.17) is 4.63 Å². The minimum atomic E-state index is -0.118. The van der Waals surface area contributed by atoms with Crippen molar-refractivity contribution >= 4 is 11.6 Å². The number of likely N-dealkylation sites (tertiary alicyclic amines) is 1. The second kappa shape index (κ2) is 7.21. The second-order valence-corrected chi connectivity index (χ2v) is 7.31. The van der Waals surface area contributed by atoms with Gasteiger partial charge in [-0.1, -0.05) is 17.2 Å². The number of piperidine rings is 1. The van der Waals surface area contributed by atoms with Crippen LogP contribution in [0.2, 0.25) is 0 Å².